The van der Waals surface area contributed by atoms with Crippen LogP contribution in [-0.4, -0.2) is 54.5 Å². The molecule has 10 heteroatoms. The van der Waals surface area contributed by atoms with Crippen molar-refractivity contribution in [3.63, 3.8) is 0 Å². The smallest absolute Gasteiger partial charge is 0.339 e. The van der Waals surface area contributed by atoms with Gasteiger partial charge in [0, 0.05) is 12.2 Å². The minimum absolute atomic E-state index is 0.0671. The van der Waals surface area contributed by atoms with E-state index in [1.807, 2.05) is 0 Å². The third-order valence-electron chi connectivity index (χ3n) is 2.64. The Bertz CT molecular complexity index is 799. The normalized spacial score (nSPS) is 9.29. The molecule has 0 aliphatic rings. The van der Waals surface area contributed by atoms with E-state index in [1.54, 1.807) is 24.3 Å². The summed E-state index contributed by atoms with van der Waals surface area (Å²) >= 11 is 0. The van der Waals surface area contributed by atoms with Crippen molar-refractivity contribution in [2.24, 2.45) is 0 Å². The second-order valence-corrected chi connectivity index (χ2v) is 4.65. The zero-order chi connectivity index (χ0) is 21.7. The fourth-order valence-corrected chi connectivity index (χ4v) is 1.45. The number of phenols is 2. The molecule has 6 N–H and O–H groups in total. The lowest BCUT2D eigenvalue weighted by Crippen LogP contribution is -1.95. The number of rotatable bonds is 4. The van der Waals surface area contributed by atoms with E-state index in [9.17, 15) is 19.2 Å². The van der Waals surface area contributed by atoms with Crippen molar-refractivity contribution in [1.82, 2.24) is 0 Å². The largest absolute Gasteiger partial charge is 0.507 e. The van der Waals surface area contributed by atoms with Gasteiger partial charge < -0.3 is 30.6 Å². The number of aromatic hydroxyl groups is 2. The van der Waals surface area contributed by atoms with Gasteiger partial charge in [0.25, 0.3) is 0 Å². The Morgan fingerprint density at radius 1 is 0.571 bits per heavy atom. The topological polar surface area (TPSA) is 190 Å². The zero-order valence-corrected chi connectivity index (χ0v) is 14.1. The summed E-state index contributed by atoms with van der Waals surface area (Å²) in [5.74, 6) is -5.14. The minimum Gasteiger partial charge on any atom is -0.507 e. The third kappa shape index (κ3) is 9.84. The Morgan fingerprint density at radius 2 is 0.857 bits per heavy atom. The number of hydrogen-bond acceptors (Lipinski definition) is 6. The van der Waals surface area contributed by atoms with E-state index < -0.39 is 23.9 Å². The van der Waals surface area contributed by atoms with Crippen molar-refractivity contribution in [2.75, 3.05) is 0 Å². The summed E-state index contributed by atoms with van der Waals surface area (Å²) in [6.07, 6.45) is 1.12. The monoisotopic (exact) mass is 392 g/mol. The fourth-order valence-electron chi connectivity index (χ4n) is 1.45. The molecular formula is C18H16O10. The molecule has 2 aromatic rings. The number of benzene rings is 2. The molecule has 0 bridgehead atoms. The predicted molar refractivity (Wildman–Crippen MR) is 94.5 cm³/mol. The Kier molecular flexibility index (Phi) is 10.2. The van der Waals surface area contributed by atoms with Crippen LogP contribution in [0.25, 0.3) is 0 Å². The van der Waals surface area contributed by atoms with Gasteiger partial charge in [0.05, 0.1) is 0 Å². The third-order valence-corrected chi connectivity index (χ3v) is 2.64. The zero-order valence-electron chi connectivity index (χ0n) is 14.1. The van der Waals surface area contributed by atoms with Gasteiger partial charge in [0.1, 0.15) is 22.6 Å². The highest BCUT2D eigenvalue weighted by Crippen LogP contribution is 2.15. The van der Waals surface area contributed by atoms with E-state index in [2.05, 4.69) is 0 Å². The van der Waals surface area contributed by atoms with E-state index >= 15 is 0 Å². The van der Waals surface area contributed by atoms with Crippen LogP contribution in [0.4, 0.5) is 0 Å². The first-order valence-electron chi connectivity index (χ1n) is 7.22. The summed E-state index contributed by atoms with van der Waals surface area (Å²) in [5.41, 5.74) is -0.134. The first kappa shape index (κ1) is 23.7. The van der Waals surface area contributed by atoms with Crippen LogP contribution in [0.3, 0.4) is 0 Å². The fraction of sp³-hybridized carbons (Fsp3) is 0. The maximum absolute atomic E-state index is 10.3. The standard InChI is InChI=1S/2C7H6O3.C4H4O4/c2*8-6-4-2-1-3-5(6)7(9)10;5-3(6)1-2-4(7)8/h2*1-4,8H,(H,9,10);1-2H,(H,5,6)(H,7,8)/b;;2-1+. The Labute approximate surface area is 157 Å². The number of aromatic carboxylic acids is 2. The van der Waals surface area contributed by atoms with Gasteiger partial charge in [-0.2, -0.15) is 0 Å². The number of carboxylic acid groups (broad SMARTS) is 4. The van der Waals surface area contributed by atoms with Gasteiger partial charge in [-0.3, -0.25) is 0 Å². The Morgan fingerprint density at radius 3 is 1.04 bits per heavy atom. The lowest BCUT2D eigenvalue weighted by molar-refractivity contribution is -0.134. The molecule has 0 amide bonds. The highest BCUT2D eigenvalue weighted by molar-refractivity contribution is 5.91. The van der Waals surface area contributed by atoms with E-state index in [0.717, 1.165) is 0 Å². The van der Waals surface area contributed by atoms with Crippen molar-refractivity contribution in [2.45, 2.75) is 0 Å². The first-order valence-corrected chi connectivity index (χ1v) is 7.22. The van der Waals surface area contributed by atoms with Crippen LogP contribution in [0.2, 0.25) is 0 Å². The average molecular weight is 392 g/mol. The van der Waals surface area contributed by atoms with Crippen LogP contribution in [0.5, 0.6) is 11.5 Å². The maximum Gasteiger partial charge on any atom is 0.339 e. The van der Waals surface area contributed by atoms with Gasteiger partial charge in [-0.1, -0.05) is 24.3 Å². The Hall–Kier alpha value is -4.34. The van der Waals surface area contributed by atoms with Gasteiger partial charge in [-0.25, -0.2) is 19.2 Å². The van der Waals surface area contributed by atoms with E-state index in [1.165, 1.54) is 24.3 Å². The van der Waals surface area contributed by atoms with Gasteiger partial charge in [-0.05, 0) is 24.3 Å². The molecule has 0 fully saturated rings. The molecule has 0 saturated carbocycles. The van der Waals surface area contributed by atoms with Crippen LogP contribution in [0, 0.1) is 0 Å². The summed E-state index contributed by atoms with van der Waals surface area (Å²) in [6, 6.07) is 11.6. The molecule has 0 heterocycles. The SMILES string of the molecule is O=C(O)/C=C/C(=O)O.O=C(O)c1ccccc1O.O=C(O)c1ccccc1O. The lowest BCUT2D eigenvalue weighted by atomic mass is 10.2. The number of para-hydroxylation sites is 2. The van der Waals surface area contributed by atoms with Gasteiger partial charge in [0.15, 0.2) is 0 Å². The van der Waals surface area contributed by atoms with E-state index in [4.69, 9.17) is 30.6 Å². The minimum atomic E-state index is -1.26. The molecule has 0 radical (unpaired) electrons. The Balaban J connectivity index is 0.000000394. The first-order chi connectivity index (χ1) is 13.1. The van der Waals surface area contributed by atoms with Crippen molar-refractivity contribution >= 4 is 23.9 Å². The second-order valence-electron chi connectivity index (χ2n) is 4.65. The summed E-state index contributed by atoms with van der Waals surface area (Å²) in [6.45, 7) is 0. The maximum atomic E-state index is 10.3. The molecule has 0 aliphatic heterocycles. The number of carboxylic acids is 4. The summed E-state index contributed by atoms with van der Waals surface area (Å²) < 4.78 is 0. The van der Waals surface area contributed by atoms with Crippen LogP contribution in [-0.2, 0) is 9.59 Å². The quantitative estimate of drug-likeness (QED) is 0.419. The molecule has 148 valence electrons. The van der Waals surface area contributed by atoms with Crippen molar-refractivity contribution in [1.29, 1.82) is 0 Å². The second kappa shape index (κ2) is 12.1. The van der Waals surface area contributed by atoms with Gasteiger partial charge >= 0.3 is 23.9 Å². The summed E-state index contributed by atoms with van der Waals surface area (Å²) in [4.78, 5) is 39.6. The molecule has 0 aliphatic carbocycles. The molecule has 0 spiro atoms. The van der Waals surface area contributed by atoms with Crippen LogP contribution in [0.15, 0.2) is 60.7 Å². The highest BCUT2D eigenvalue weighted by Gasteiger charge is 2.06. The van der Waals surface area contributed by atoms with E-state index in [0.29, 0.717) is 12.2 Å². The summed E-state index contributed by atoms with van der Waals surface area (Å²) in [7, 11) is 0. The number of carbonyl (C=O) groups is 4. The van der Waals surface area contributed by atoms with Crippen LogP contribution < -0.4 is 0 Å². The molecular weight excluding hydrogens is 376 g/mol. The molecule has 28 heavy (non-hydrogen) atoms. The summed E-state index contributed by atoms with van der Waals surface area (Å²) in [5, 5.41) is 50.2. The van der Waals surface area contributed by atoms with Crippen molar-refractivity contribution < 1.29 is 49.8 Å². The van der Waals surface area contributed by atoms with Gasteiger partial charge in [0.2, 0.25) is 0 Å². The number of hydrogen-bond donors (Lipinski definition) is 6. The van der Waals surface area contributed by atoms with Crippen molar-refractivity contribution in [3.8, 4) is 11.5 Å². The number of aliphatic carboxylic acids is 2. The van der Waals surface area contributed by atoms with Crippen LogP contribution in [0.1, 0.15) is 20.7 Å². The molecule has 10 nitrogen and oxygen atoms in total. The van der Waals surface area contributed by atoms with Crippen LogP contribution >= 0.6 is 0 Å². The van der Waals surface area contributed by atoms with E-state index in [-0.39, 0.29) is 22.6 Å². The molecule has 0 aromatic heterocycles. The lowest BCUT2D eigenvalue weighted by Gasteiger charge is -1.95. The molecule has 0 saturated heterocycles. The van der Waals surface area contributed by atoms with Gasteiger partial charge in [-0.15, -0.1) is 0 Å². The van der Waals surface area contributed by atoms with Crippen molar-refractivity contribution in [3.05, 3.63) is 71.8 Å². The molecule has 0 unspecified atom stereocenters. The molecule has 2 aromatic carbocycles. The highest BCUT2D eigenvalue weighted by atomic mass is 16.4. The average Bonchev–Trinajstić information content (AvgIpc) is 2.61. The predicted octanol–water partition coefficient (Wildman–Crippen LogP) is 1.89. The molecule has 2 rings (SSSR count). The molecule has 0 atom stereocenters.